The van der Waals surface area contributed by atoms with Crippen molar-refractivity contribution in [3.8, 4) is 0 Å². The van der Waals surface area contributed by atoms with Crippen molar-refractivity contribution in [2.24, 2.45) is 11.8 Å². The first-order valence-corrected chi connectivity index (χ1v) is 6.58. The van der Waals surface area contributed by atoms with Gasteiger partial charge in [-0.25, -0.2) is 0 Å². The summed E-state index contributed by atoms with van der Waals surface area (Å²) in [6.45, 7) is 2.29. The highest BCUT2D eigenvalue weighted by atomic mass is 16.5. The third-order valence-corrected chi connectivity index (χ3v) is 4.38. The van der Waals surface area contributed by atoms with Crippen LogP contribution in [-0.2, 0) is 4.74 Å². The smallest absolute Gasteiger partial charge is 0.230 e. The molecule has 2 saturated carbocycles. The van der Waals surface area contributed by atoms with Crippen LogP contribution in [0.4, 0.5) is 0 Å². The second-order valence-electron chi connectivity index (χ2n) is 5.36. The molecule has 0 spiro atoms. The van der Waals surface area contributed by atoms with Gasteiger partial charge in [0, 0.05) is 12.5 Å². The van der Waals surface area contributed by atoms with E-state index in [1.807, 2.05) is 0 Å². The average molecular weight is 235 g/mol. The van der Waals surface area contributed by atoms with Crippen LogP contribution in [0.1, 0.15) is 42.9 Å². The molecule has 2 aliphatic carbocycles. The number of nitrogens with one attached hydrogen (secondary N) is 1. The van der Waals surface area contributed by atoms with Gasteiger partial charge >= 0.3 is 0 Å². The van der Waals surface area contributed by atoms with Gasteiger partial charge in [0.25, 0.3) is 0 Å². The lowest BCUT2D eigenvalue weighted by Crippen LogP contribution is -2.35. The van der Waals surface area contributed by atoms with Gasteiger partial charge < -0.3 is 14.6 Å². The first kappa shape index (κ1) is 10.0. The highest BCUT2D eigenvalue weighted by Gasteiger charge is 2.56. The van der Waals surface area contributed by atoms with E-state index < -0.39 is 0 Å². The molecule has 0 aromatic carbocycles. The zero-order valence-corrected chi connectivity index (χ0v) is 9.76. The number of ether oxygens (including phenoxy) is 1. The van der Waals surface area contributed by atoms with E-state index in [0.29, 0.717) is 12.5 Å². The summed E-state index contributed by atoms with van der Waals surface area (Å²) in [7, 11) is 0. The van der Waals surface area contributed by atoms with E-state index in [0.717, 1.165) is 36.7 Å². The third kappa shape index (κ3) is 1.60. The standard InChI is InChI=1S/C12H17N3O2/c1-2-7-8(3-1)10(7)12-14-11(15-17-12)9-6-16-5-4-13-9/h7-10,13H,1-6H2. The second kappa shape index (κ2) is 3.78. The van der Waals surface area contributed by atoms with E-state index in [9.17, 15) is 0 Å². The molecule has 3 unspecified atom stereocenters. The molecule has 3 aliphatic rings. The van der Waals surface area contributed by atoms with Crippen molar-refractivity contribution in [1.29, 1.82) is 0 Å². The lowest BCUT2D eigenvalue weighted by atomic mass is 10.1. The van der Waals surface area contributed by atoms with Crippen molar-refractivity contribution < 1.29 is 9.26 Å². The van der Waals surface area contributed by atoms with Crippen molar-refractivity contribution in [2.75, 3.05) is 19.8 Å². The SMILES string of the molecule is C1CC2C(C1)C2c1nc(C2COCCN2)no1. The number of rotatable bonds is 2. The second-order valence-corrected chi connectivity index (χ2v) is 5.36. The van der Waals surface area contributed by atoms with Crippen LogP contribution in [0.5, 0.6) is 0 Å². The predicted molar refractivity (Wildman–Crippen MR) is 59.4 cm³/mol. The van der Waals surface area contributed by atoms with Gasteiger partial charge in [-0.05, 0) is 24.7 Å². The fourth-order valence-electron chi connectivity index (χ4n) is 3.44. The molecule has 17 heavy (non-hydrogen) atoms. The minimum Gasteiger partial charge on any atom is -0.378 e. The van der Waals surface area contributed by atoms with E-state index in [4.69, 9.17) is 9.26 Å². The number of morpholine rings is 1. The molecule has 4 rings (SSSR count). The molecule has 1 aromatic heterocycles. The molecule has 5 nitrogen and oxygen atoms in total. The van der Waals surface area contributed by atoms with Crippen molar-refractivity contribution >= 4 is 0 Å². The van der Waals surface area contributed by atoms with E-state index in [-0.39, 0.29) is 6.04 Å². The molecule has 1 N–H and O–H groups in total. The molecule has 5 heteroatoms. The maximum Gasteiger partial charge on any atom is 0.230 e. The summed E-state index contributed by atoms with van der Waals surface area (Å²) in [5.74, 6) is 3.86. The molecular formula is C12H17N3O2. The molecule has 0 bridgehead atoms. The Balaban J connectivity index is 1.49. The van der Waals surface area contributed by atoms with E-state index >= 15 is 0 Å². The summed E-state index contributed by atoms with van der Waals surface area (Å²) in [5, 5.41) is 7.45. The van der Waals surface area contributed by atoms with Crippen LogP contribution in [0.25, 0.3) is 0 Å². The van der Waals surface area contributed by atoms with Crippen LogP contribution in [0.2, 0.25) is 0 Å². The molecule has 3 fully saturated rings. The lowest BCUT2D eigenvalue weighted by Gasteiger charge is -2.20. The van der Waals surface area contributed by atoms with Crippen LogP contribution in [0.15, 0.2) is 4.52 Å². The molecule has 3 atom stereocenters. The van der Waals surface area contributed by atoms with Gasteiger partial charge in [0.05, 0.1) is 19.3 Å². The molecule has 2 heterocycles. The van der Waals surface area contributed by atoms with Gasteiger partial charge in [0.2, 0.25) is 5.89 Å². The minimum absolute atomic E-state index is 0.111. The van der Waals surface area contributed by atoms with Crippen molar-refractivity contribution in [1.82, 2.24) is 15.5 Å². The number of aromatic nitrogens is 2. The third-order valence-electron chi connectivity index (χ3n) is 4.38. The summed E-state index contributed by atoms with van der Waals surface area (Å²) in [6, 6.07) is 0.111. The Hall–Kier alpha value is -0.940. The Morgan fingerprint density at radius 1 is 1.24 bits per heavy atom. The number of hydrogen-bond acceptors (Lipinski definition) is 5. The van der Waals surface area contributed by atoms with E-state index in [1.54, 1.807) is 0 Å². The van der Waals surface area contributed by atoms with E-state index in [2.05, 4.69) is 15.5 Å². The van der Waals surface area contributed by atoms with Crippen LogP contribution in [0, 0.1) is 11.8 Å². The van der Waals surface area contributed by atoms with Gasteiger partial charge in [-0.1, -0.05) is 11.6 Å². The van der Waals surface area contributed by atoms with Gasteiger partial charge in [-0.2, -0.15) is 4.98 Å². The zero-order chi connectivity index (χ0) is 11.2. The first-order chi connectivity index (χ1) is 8.43. The summed E-state index contributed by atoms with van der Waals surface area (Å²) < 4.78 is 10.8. The Labute approximate surface area is 99.9 Å². The highest BCUT2D eigenvalue weighted by molar-refractivity contribution is 5.16. The molecular weight excluding hydrogens is 218 g/mol. The molecule has 0 radical (unpaired) electrons. The maximum atomic E-state index is 5.42. The topological polar surface area (TPSA) is 60.2 Å². The van der Waals surface area contributed by atoms with Gasteiger partial charge in [0.1, 0.15) is 0 Å². The quantitative estimate of drug-likeness (QED) is 0.835. The monoisotopic (exact) mass is 235 g/mol. The Bertz CT molecular complexity index is 387. The summed E-state index contributed by atoms with van der Waals surface area (Å²) in [5.41, 5.74) is 0. The zero-order valence-electron chi connectivity index (χ0n) is 9.76. The molecule has 1 aliphatic heterocycles. The predicted octanol–water partition coefficient (Wildman–Crippen LogP) is 1.24. The molecule has 1 saturated heterocycles. The van der Waals surface area contributed by atoms with Crippen LogP contribution >= 0.6 is 0 Å². The highest BCUT2D eigenvalue weighted by Crippen LogP contribution is 2.62. The molecule has 1 aromatic rings. The van der Waals surface area contributed by atoms with Crippen LogP contribution in [-0.4, -0.2) is 29.9 Å². The maximum absolute atomic E-state index is 5.42. The van der Waals surface area contributed by atoms with E-state index in [1.165, 1.54) is 19.3 Å². The summed E-state index contributed by atoms with van der Waals surface area (Å²) >= 11 is 0. The first-order valence-electron chi connectivity index (χ1n) is 6.58. The minimum atomic E-state index is 0.111. The average Bonchev–Trinajstić information content (AvgIpc) is 2.81. The Morgan fingerprint density at radius 3 is 2.88 bits per heavy atom. The fraction of sp³-hybridized carbons (Fsp3) is 0.833. The Morgan fingerprint density at radius 2 is 2.12 bits per heavy atom. The van der Waals surface area contributed by atoms with Gasteiger partial charge in [-0.15, -0.1) is 0 Å². The lowest BCUT2D eigenvalue weighted by molar-refractivity contribution is 0.0734. The van der Waals surface area contributed by atoms with Crippen molar-refractivity contribution in [3.05, 3.63) is 11.7 Å². The van der Waals surface area contributed by atoms with Gasteiger partial charge in [0.15, 0.2) is 5.82 Å². The number of fused-ring (bicyclic) bond motifs is 1. The van der Waals surface area contributed by atoms with Crippen LogP contribution in [0.3, 0.4) is 0 Å². The largest absolute Gasteiger partial charge is 0.378 e. The van der Waals surface area contributed by atoms with Gasteiger partial charge in [-0.3, -0.25) is 0 Å². The van der Waals surface area contributed by atoms with Crippen molar-refractivity contribution in [2.45, 2.75) is 31.2 Å². The normalized spacial score (nSPS) is 40.2. The Kier molecular flexibility index (Phi) is 2.23. The fourth-order valence-corrected chi connectivity index (χ4v) is 3.44. The summed E-state index contributed by atoms with van der Waals surface area (Å²) in [6.07, 6.45) is 4.07. The number of hydrogen-bond donors (Lipinski definition) is 1. The van der Waals surface area contributed by atoms with Crippen molar-refractivity contribution in [3.63, 3.8) is 0 Å². The molecule has 0 amide bonds. The summed E-state index contributed by atoms with van der Waals surface area (Å²) in [4.78, 5) is 4.56. The number of nitrogens with zero attached hydrogens (tertiary/aromatic N) is 2. The van der Waals surface area contributed by atoms with Crippen LogP contribution < -0.4 is 5.32 Å². The molecule has 92 valence electrons.